The lowest BCUT2D eigenvalue weighted by molar-refractivity contribution is 0.312. The molecule has 102 valence electrons. The first-order chi connectivity index (χ1) is 9.45. The molecular formula is C15H16N4O. The van der Waals surface area contributed by atoms with E-state index in [1.807, 2.05) is 51.1 Å². The van der Waals surface area contributed by atoms with Crippen LogP contribution in [0.2, 0.25) is 0 Å². The van der Waals surface area contributed by atoms with E-state index in [-0.39, 0.29) is 0 Å². The molecule has 1 aromatic carbocycles. The second-order valence-corrected chi connectivity index (χ2v) is 5.49. The Hall–Kier alpha value is -2.27. The second kappa shape index (κ2) is 4.38. The van der Waals surface area contributed by atoms with Crippen molar-refractivity contribution in [1.29, 1.82) is 0 Å². The van der Waals surface area contributed by atoms with Crippen molar-refractivity contribution in [3.8, 4) is 11.5 Å². The SMILES string of the molecule is Cc1cc(-c2noc(C(C)(C)N)n2)nc2ccccc12. The van der Waals surface area contributed by atoms with Gasteiger partial charge in [-0.3, -0.25) is 0 Å². The van der Waals surface area contributed by atoms with Crippen LogP contribution in [0.25, 0.3) is 22.4 Å². The van der Waals surface area contributed by atoms with Crippen LogP contribution < -0.4 is 5.73 Å². The Balaban J connectivity index is 2.13. The van der Waals surface area contributed by atoms with Gasteiger partial charge in [0.1, 0.15) is 5.69 Å². The first kappa shape index (κ1) is 12.7. The molecular weight excluding hydrogens is 252 g/mol. The molecule has 0 amide bonds. The molecule has 0 aliphatic carbocycles. The molecule has 0 aliphatic rings. The van der Waals surface area contributed by atoms with E-state index < -0.39 is 5.54 Å². The average Bonchev–Trinajstić information content (AvgIpc) is 2.88. The molecule has 0 atom stereocenters. The third-order valence-corrected chi connectivity index (χ3v) is 3.13. The van der Waals surface area contributed by atoms with Gasteiger partial charge in [-0.1, -0.05) is 23.4 Å². The van der Waals surface area contributed by atoms with Crippen LogP contribution in [0, 0.1) is 6.92 Å². The van der Waals surface area contributed by atoms with Crippen molar-refractivity contribution in [1.82, 2.24) is 15.1 Å². The molecule has 5 nitrogen and oxygen atoms in total. The molecule has 0 spiro atoms. The maximum absolute atomic E-state index is 5.95. The van der Waals surface area contributed by atoms with Crippen LogP contribution in [-0.2, 0) is 5.54 Å². The highest BCUT2D eigenvalue weighted by Gasteiger charge is 2.23. The van der Waals surface area contributed by atoms with Crippen LogP contribution in [0.4, 0.5) is 0 Å². The quantitative estimate of drug-likeness (QED) is 0.773. The minimum Gasteiger partial charge on any atom is -0.337 e. The van der Waals surface area contributed by atoms with Crippen LogP contribution in [-0.4, -0.2) is 15.1 Å². The summed E-state index contributed by atoms with van der Waals surface area (Å²) in [5.74, 6) is 0.868. The van der Waals surface area contributed by atoms with Crippen LogP contribution in [0.1, 0.15) is 25.3 Å². The van der Waals surface area contributed by atoms with E-state index in [1.165, 1.54) is 0 Å². The highest BCUT2D eigenvalue weighted by atomic mass is 16.5. The van der Waals surface area contributed by atoms with Crippen LogP contribution in [0.15, 0.2) is 34.9 Å². The number of hydrogen-bond acceptors (Lipinski definition) is 5. The number of hydrogen-bond donors (Lipinski definition) is 1. The van der Waals surface area contributed by atoms with Crippen LogP contribution >= 0.6 is 0 Å². The van der Waals surface area contributed by atoms with Crippen molar-refractivity contribution in [2.45, 2.75) is 26.3 Å². The standard InChI is InChI=1S/C15H16N4O/c1-9-8-12(17-11-7-5-4-6-10(9)11)13-18-14(20-19-13)15(2,3)16/h4-8H,16H2,1-3H3. The minimum absolute atomic E-state index is 0.403. The number of rotatable bonds is 2. The Morgan fingerprint density at radius 1 is 1.15 bits per heavy atom. The molecule has 20 heavy (non-hydrogen) atoms. The van der Waals surface area contributed by atoms with Crippen molar-refractivity contribution in [3.63, 3.8) is 0 Å². The summed E-state index contributed by atoms with van der Waals surface area (Å²) in [7, 11) is 0. The summed E-state index contributed by atoms with van der Waals surface area (Å²) >= 11 is 0. The van der Waals surface area contributed by atoms with Gasteiger partial charge in [-0.05, 0) is 38.5 Å². The summed E-state index contributed by atoms with van der Waals surface area (Å²) in [6.45, 7) is 5.69. The number of para-hydroxylation sites is 1. The van der Waals surface area contributed by atoms with Gasteiger partial charge in [0.25, 0.3) is 0 Å². The normalized spacial score (nSPS) is 12.0. The summed E-state index contributed by atoms with van der Waals surface area (Å²) in [5, 5.41) is 5.10. The molecule has 2 N–H and O–H groups in total. The number of nitrogens with two attached hydrogens (primary N) is 1. The third-order valence-electron chi connectivity index (χ3n) is 3.13. The molecule has 0 fully saturated rings. The van der Waals surface area contributed by atoms with Crippen molar-refractivity contribution in [3.05, 3.63) is 41.8 Å². The molecule has 0 saturated carbocycles. The zero-order valence-electron chi connectivity index (χ0n) is 11.7. The van der Waals surface area contributed by atoms with Gasteiger partial charge < -0.3 is 10.3 Å². The van der Waals surface area contributed by atoms with Gasteiger partial charge in [-0.15, -0.1) is 0 Å². The highest BCUT2D eigenvalue weighted by Crippen LogP contribution is 2.24. The van der Waals surface area contributed by atoms with Gasteiger partial charge >= 0.3 is 0 Å². The molecule has 5 heteroatoms. The number of nitrogens with zero attached hydrogens (tertiary/aromatic N) is 3. The Bertz CT molecular complexity index is 771. The number of pyridine rings is 1. The Morgan fingerprint density at radius 2 is 1.90 bits per heavy atom. The lowest BCUT2D eigenvalue weighted by Crippen LogP contribution is -2.28. The molecule has 2 heterocycles. The average molecular weight is 268 g/mol. The maximum atomic E-state index is 5.95. The van der Waals surface area contributed by atoms with E-state index in [0.717, 1.165) is 16.5 Å². The Morgan fingerprint density at radius 3 is 2.60 bits per heavy atom. The number of benzene rings is 1. The maximum Gasteiger partial charge on any atom is 0.246 e. The monoisotopic (exact) mass is 268 g/mol. The van der Waals surface area contributed by atoms with Crippen molar-refractivity contribution < 1.29 is 4.52 Å². The van der Waals surface area contributed by atoms with Gasteiger partial charge in [0.2, 0.25) is 11.7 Å². The molecule has 0 unspecified atom stereocenters. The first-order valence-corrected chi connectivity index (χ1v) is 6.45. The predicted molar refractivity (Wildman–Crippen MR) is 77.0 cm³/mol. The topological polar surface area (TPSA) is 77.8 Å². The summed E-state index contributed by atoms with van der Waals surface area (Å²) in [4.78, 5) is 8.91. The molecule has 2 aromatic heterocycles. The Kier molecular flexibility index (Phi) is 2.79. The van der Waals surface area contributed by atoms with Gasteiger partial charge in [-0.25, -0.2) is 4.98 Å². The van der Waals surface area contributed by atoms with Gasteiger partial charge in [0.15, 0.2) is 0 Å². The smallest absolute Gasteiger partial charge is 0.246 e. The fourth-order valence-corrected chi connectivity index (χ4v) is 2.05. The van der Waals surface area contributed by atoms with E-state index in [2.05, 4.69) is 15.1 Å². The Labute approximate surface area is 116 Å². The van der Waals surface area contributed by atoms with Crippen molar-refractivity contribution >= 4 is 10.9 Å². The van der Waals surface area contributed by atoms with Gasteiger partial charge in [-0.2, -0.15) is 4.98 Å². The lowest BCUT2D eigenvalue weighted by atomic mass is 10.1. The summed E-state index contributed by atoms with van der Waals surface area (Å²) in [6, 6.07) is 9.94. The highest BCUT2D eigenvalue weighted by molar-refractivity contribution is 5.84. The largest absolute Gasteiger partial charge is 0.337 e. The van der Waals surface area contributed by atoms with Gasteiger partial charge in [0, 0.05) is 5.39 Å². The van der Waals surface area contributed by atoms with Crippen molar-refractivity contribution in [2.24, 2.45) is 5.73 Å². The van der Waals surface area contributed by atoms with Crippen LogP contribution in [0.3, 0.4) is 0 Å². The fourth-order valence-electron chi connectivity index (χ4n) is 2.05. The van der Waals surface area contributed by atoms with E-state index >= 15 is 0 Å². The van der Waals surface area contributed by atoms with Crippen LogP contribution in [0.5, 0.6) is 0 Å². The van der Waals surface area contributed by atoms with E-state index in [1.54, 1.807) is 0 Å². The molecule has 0 bridgehead atoms. The predicted octanol–water partition coefficient (Wildman–Crippen LogP) is 2.79. The minimum atomic E-state index is -0.656. The van der Waals surface area contributed by atoms with E-state index in [0.29, 0.717) is 17.4 Å². The molecule has 0 saturated heterocycles. The summed E-state index contributed by atoms with van der Waals surface area (Å²) in [6.07, 6.45) is 0. The summed E-state index contributed by atoms with van der Waals surface area (Å²) in [5.41, 5.74) is 8.04. The summed E-state index contributed by atoms with van der Waals surface area (Å²) < 4.78 is 5.21. The molecule has 0 aliphatic heterocycles. The van der Waals surface area contributed by atoms with Crippen molar-refractivity contribution in [2.75, 3.05) is 0 Å². The number of aromatic nitrogens is 3. The van der Waals surface area contributed by atoms with Gasteiger partial charge in [0.05, 0.1) is 11.1 Å². The number of fused-ring (bicyclic) bond motifs is 1. The fraction of sp³-hybridized carbons (Fsp3) is 0.267. The molecule has 3 rings (SSSR count). The second-order valence-electron chi connectivity index (χ2n) is 5.49. The zero-order chi connectivity index (χ0) is 14.3. The molecule has 3 aromatic rings. The number of aryl methyl sites for hydroxylation is 1. The third kappa shape index (κ3) is 2.16. The molecule has 0 radical (unpaired) electrons. The zero-order valence-corrected chi connectivity index (χ0v) is 11.7. The first-order valence-electron chi connectivity index (χ1n) is 6.45. The lowest BCUT2D eigenvalue weighted by Gasteiger charge is -2.10. The van der Waals surface area contributed by atoms with E-state index in [9.17, 15) is 0 Å². The van der Waals surface area contributed by atoms with E-state index in [4.69, 9.17) is 10.3 Å².